The molecule has 0 aliphatic carbocycles. The maximum atomic E-state index is 10.9. The molecule has 1 aromatic heterocycles. The van der Waals surface area contributed by atoms with Gasteiger partial charge in [0.15, 0.2) is 0 Å². The van der Waals surface area contributed by atoms with Gasteiger partial charge in [0.1, 0.15) is 5.75 Å². The van der Waals surface area contributed by atoms with Gasteiger partial charge in [-0.1, -0.05) is 0 Å². The minimum absolute atomic E-state index is 0.231. The van der Waals surface area contributed by atoms with Crippen LogP contribution in [0.1, 0.15) is 22.3 Å². The van der Waals surface area contributed by atoms with Gasteiger partial charge in [0.25, 0.3) is 0 Å². The van der Waals surface area contributed by atoms with Crippen molar-refractivity contribution in [2.45, 2.75) is 12.8 Å². The molecule has 0 saturated heterocycles. The summed E-state index contributed by atoms with van der Waals surface area (Å²) in [6.45, 7) is 0.585. The Bertz CT molecular complexity index is 587. The Morgan fingerprint density at radius 2 is 2.00 bits per heavy atom. The molecule has 0 saturated carbocycles. The predicted molar refractivity (Wildman–Crippen MR) is 79.2 cm³/mol. The van der Waals surface area contributed by atoms with E-state index in [1.54, 1.807) is 24.5 Å². The molecule has 0 aliphatic rings. The average Bonchev–Trinajstić information content (AvgIpc) is 2.44. The predicted octanol–water partition coefficient (Wildman–Crippen LogP) is 3.55. The number of carbonyl (C=O) groups is 1. The van der Waals surface area contributed by atoms with Gasteiger partial charge in [0.2, 0.25) is 0 Å². The number of carboxylic acid groups (broad SMARTS) is 1. The van der Waals surface area contributed by atoms with Crippen LogP contribution in [-0.2, 0) is 6.42 Å². The summed E-state index contributed by atoms with van der Waals surface area (Å²) in [6.07, 6.45) is 5.37. The molecule has 1 aromatic carbocycles. The topological polar surface area (TPSA) is 59.4 Å². The molecule has 0 atom stereocenters. The molecular weight excluding hydrogens is 322 g/mol. The summed E-state index contributed by atoms with van der Waals surface area (Å²) in [7, 11) is 0. The van der Waals surface area contributed by atoms with Crippen LogP contribution in [0.5, 0.6) is 5.75 Å². The Kier molecular flexibility index (Phi) is 5.12. The highest BCUT2D eigenvalue weighted by atomic mass is 79.9. The lowest BCUT2D eigenvalue weighted by Gasteiger charge is -2.07. The number of benzene rings is 1. The Morgan fingerprint density at radius 3 is 2.65 bits per heavy atom. The molecule has 0 fully saturated rings. The molecule has 0 amide bonds. The second-order valence-electron chi connectivity index (χ2n) is 4.25. The molecule has 20 heavy (non-hydrogen) atoms. The number of hydrogen-bond acceptors (Lipinski definition) is 3. The number of carboxylic acids is 1. The molecule has 5 heteroatoms. The number of ether oxygens (including phenoxy) is 1. The minimum Gasteiger partial charge on any atom is -0.494 e. The van der Waals surface area contributed by atoms with Crippen LogP contribution in [0.4, 0.5) is 0 Å². The molecule has 2 rings (SSSR count). The maximum Gasteiger partial charge on any atom is 0.336 e. The van der Waals surface area contributed by atoms with Crippen LogP contribution < -0.4 is 4.74 Å². The fourth-order valence-electron chi connectivity index (χ4n) is 1.77. The van der Waals surface area contributed by atoms with Gasteiger partial charge >= 0.3 is 5.97 Å². The van der Waals surface area contributed by atoms with E-state index >= 15 is 0 Å². The number of hydrogen-bond donors (Lipinski definition) is 1. The Morgan fingerprint density at radius 1 is 1.25 bits per heavy atom. The van der Waals surface area contributed by atoms with Gasteiger partial charge in [-0.25, -0.2) is 4.79 Å². The number of aromatic carboxylic acids is 1. The molecule has 0 bridgehead atoms. The Balaban J connectivity index is 1.83. The van der Waals surface area contributed by atoms with Crippen molar-refractivity contribution < 1.29 is 14.6 Å². The van der Waals surface area contributed by atoms with Crippen LogP contribution in [-0.4, -0.2) is 22.7 Å². The first-order valence-electron chi connectivity index (χ1n) is 6.21. The van der Waals surface area contributed by atoms with E-state index in [-0.39, 0.29) is 5.56 Å². The fraction of sp³-hybridized carbons (Fsp3) is 0.200. The van der Waals surface area contributed by atoms with E-state index < -0.39 is 5.97 Å². The second-order valence-corrected chi connectivity index (χ2v) is 5.11. The summed E-state index contributed by atoms with van der Waals surface area (Å²) in [6, 6.07) is 8.84. The molecule has 0 aliphatic heterocycles. The van der Waals surface area contributed by atoms with E-state index in [1.165, 1.54) is 11.6 Å². The van der Waals surface area contributed by atoms with Gasteiger partial charge in [-0.05, 0) is 64.7 Å². The van der Waals surface area contributed by atoms with Gasteiger partial charge < -0.3 is 9.84 Å². The number of halogens is 1. The summed E-state index contributed by atoms with van der Waals surface area (Å²) in [5.41, 5.74) is 1.46. The minimum atomic E-state index is -0.957. The van der Waals surface area contributed by atoms with Crippen LogP contribution in [0.15, 0.2) is 47.2 Å². The molecule has 0 radical (unpaired) electrons. The van der Waals surface area contributed by atoms with Crippen LogP contribution in [0, 0.1) is 0 Å². The van der Waals surface area contributed by atoms with Crippen molar-refractivity contribution in [2.24, 2.45) is 0 Å². The van der Waals surface area contributed by atoms with E-state index in [9.17, 15) is 4.79 Å². The lowest BCUT2D eigenvalue weighted by atomic mass is 10.1. The van der Waals surface area contributed by atoms with Gasteiger partial charge in [-0.3, -0.25) is 4.98 Å². The van der Waals surface area contributed by atoms with Gasteiger partial charge in [0.05, 0.1) is 12.2 Å². The zero-order chi connectivity index (χ0) is 14.4. The van der Waals surface area contributed by atoms with Crippen molar-refractivity contribution in [2.75, 3.05) is 6.61 Å². The van der Waals surface area contributed by atoms with E-state index in [4.69, 9.17) is 9.84 Å². The van der Waals surface area contributed by atoms with Crippen molar-refractivity contribution in [1.29, 1.82) is 0 Å². The van der Waals surface area contributed by atoms with E-state index in [2.05, 4.69) is 20.9 Å². The molecule has 1 N–H and O–H groups in total. The third kappa shape index (κ3) is 4.06. The summed E-state index contributed by atoms with van der Waals surface area (Å²) in [4.78, 5) is 14.8. The monoisotopic (exact) mass is 335 g/mol. The number of rotatable bonds is 6. The first kappa shape index (κ1) is 14.5. The number of aryl methyl sites for hydroxylation is 1. The molecule has 0 unspecified atom stereocenters. The first-order chi connectivity index (χ1) is 9.66. The van der Waals surface area contributed by atoms with Gasteiger partial charge in [-0.2, -0.15) is 0 Å². The SMILES string of the molecule is O=C(O)c1ccc(OCCCc2ccncc2)cc1Br. The average molecular weight is 336 g/mol. The van der Waals surface area contributed by atoms with Crippen molar-refractivity contribution in [3.8, 4) is 5.75 Å². The van der Waals surface area contributed by atoms with Gasteiger partial charge in [-0.15, -0.1) is 0 Å². The standard InChI is InChI=1S/C15H14BrNO3/c16-14-10-12(3-4-13(14)15(18)19)20-9-1-2-11-5-7-17-8-6-11/h3-8,10H,1-2,9H2,(H,18,19). The van der Waals surface area contributed by atoms with Crippen molar-refractivity contribution >= 4 is 21.9 Å². The highest BCUT2D eigenvalue weighted by Gasteiger charge is 2.08. The lowest BCUT2D eigenvalue weighted by molar-refractivity contribution is 0.0696. The zero-order valence-electron chi connectivity index (χ0n) is 10.8. The normalized spacial score (nSPS) is 10.2. The van der Waals surface area contributed by atoms with Gasteiger partial charge in [0, 0.05) is 16.9 Å². The smallest absolute Gasteiger partial charge is 0.336 e. The summed E-state index contributed by atoms with van der Waals surface area (Å²) in [5, 5.41) is 8.92. The molecule has 4 nitrogen and oxygen atoms in total. The Labute approximate surface area is 125 Å². The third-order valence-corrected chi connectivity index (χ3v) is 3.45. The molecule has 104 valence electrons. The Hall–Kier alpha value is -1.88. The number of aromatic nitrogens is 1. The third-order valence-electron chi connectivity index (χ3n) is 2.80. The summed E-state index contributed by atoms with van der Waals surface area (Å²) in [5.74, 6) is -0.294. The zero-order valence-corrected chi connectivity index (χ0v) is 12.3. The first-order valence-corrected chi connectivity index (χ1v) is 7.00. The maximum absolute atomic E-state index is 10.9. The number of nitrogens with zero attached hydrogens (tertiary/aromatic N) is 1. The fourth-order valence-corrected chi connectivity index (χ4v) is 2.30. The lowest BCUT2D eigenvalue weighted by Crippen LogP contribution is -2.01. The highest BCUT2D eigenvalue weighted by Crippen LogP contribution is 2.23. The van der Waals surface area contributed by atoms with Crippen LogP contribution in [0.3, 0.4) is 0 Å². The highest BCUT2D eigenvalue weighted by molar-refractivity contribution is 9.10. The molecular formula is C15H14BrNO3. The number of pyridine rings is 1. The summed E-state index contributed by atoms with van der Waals surface area (Å²) >= 11 is 3.23. The molecule has 1 heterocycles. The molecule has 2 aromatic rings. The van der Waals surface area contributed by atoms with Crippen LogP contribution in [0.2, 0.25) is 0 Å². The van der Waals surface area contributed by atoms with Crippen molar-refractivity contribution in [3.63, 3.8) is 0 Å². The largest absolute Gasteiger partial charge is 0.494 e. The van der Waals surface area contributed by atoms with E-state index in [0.717, 1.165) is 12.8 Å². The van der Waals surface area contributed by atoms with Crippen LogP contribution in [0.25, 0.3) is 0 Å². The summed E-state index contributed by atoms with van der Waals surface area (Å²) < 4.78 is 6.13. The quantitative estimate of drug-likeness (QED) is 0.820. The van der Waals surface area contributed by atoms with Crippen LogP contribution >= 0.6 is 15.9 Å². The van der Waals surface area contributed by atoms with Crippen molar-refractivity contribution in [1.82, 2.24) is 4.98 Å². The van der Waals surface area contributed by atoms with E-state index in [0.29, 0.717) is 16.8 Å². The van der Waals surface area contributed by atoms with E-state index in [1.807, 2.05) is 12.1 Å². The second kappa shape index (κ2) is 7.05. The van der Waals surface area contributed by atoms with Crippen molar-refractivity contribution in [3.05, 3.63) is 58.3 Å². The molecule has 0 spiro atoms.